The van der Waals surface area contributed by atoms with Gasteiger partial charge in [-0.3, -0.25) is 18.7 Å². The Balaban J connectivity index is 1.62. The van der Waals surface area contributed by atoms with Gasteiger partial charge in [0.2, 0.25) is 0 Å². The van der Waals surface area contributed by atoms with Crippen molar-refractivity contribution >= 4 is 38.3 Å². The Kier molecular flexibility index (Phi) is 5.59. The van der Waals surface area contributed by atoms with E-state index in [0.717, 1.165) is 11.1 Å². The number of nitrogens with zero attached hydrogens (tertiary/aromatic N) is 2. The summed E-state index contributed by atoms with van der Waals surface area (Å²) in [5.74, 6) is -0.456. The Morgan fingerprint density at radius 2 is 1.45 bits per heavy atom. The van der Waals surface area contributed by atoms with Gasteiger partial charge >= 0.3 is 5.69 Å². The topological polar surface area (TPSA) is 102 Å². The van der Waals surface area contributed by atoms with Gasteiger partial charge in [0.15, 0.2) is 0 Å². The van der Waals surface area contributed by atoms with Crippen LogP contribution in [0.2, 0.25) is 0 Å². The Bertz CT molecular complexity index is 1550. The van der Waals surface area contributed by atoms with Crippen molar-refractivity contribution in [3.8, 4) is 0 Å². The lowest BCUT2D eigenvalue weighted by atomic mass is 10.1. The first-order chi connectivity index (χ1) is 15.6. The van der Waals surface area contributed by atoms with Crippen molar-refractivity contribution in [2.75, 3.05) is 10.0 Å². The van der Waals surface area contributed by atoms with Gasteiger partial charge in [0.1, 0.15) is 0 Å². The van der Waals surface area contributed by atoms with Crippen LogP contribution in [0.4, 0.5) is 11.4 Å². The van der Waals surface area contributed by atoms with Gasteiger partial charge in [-0.1, -0.05) is 23.8 Å². The van der Waals surface area contributed by atoms with E-state index in [1.54, 1.807) is 63.5 Å². The number of imidazole rings is 1. The maximum atomic E-state index is 13.0. The fourth-order valence-electron chi connectivity index (χ4n) is 3.65. The average molecular weight is 465 g/mol. The Morgan fingerprint density at radius 3 is 2.15 bits per heavy atom. The molecule has 1 amide bonds. The molecule has 0 aliphatic rings. The molecule has 4 rings (SSSR count). The van der Waals surface area contributed by atoms with E-state index in [-0.39, 0.29) is 16.1 Å². The van der Waals surface area contributed by atoms with E-state index in [1.807, 2.05) is 19.1 Å². The van der Waals surface area contributed by atoms with Crippen molar-refractivity contribution < 1.29 is 13.2 Å². The smallest absolute Gasteiger partial charge is 0.322 e. The molecular formula is C24H24N4O4S. The third-order valence-electron chi connectivity index (χ3n) is 5.57. The first kappa shape index (κ1) is 22.3. The van der Waals surface area contributed by atoms with Crippen LogP contribution in [0.1, 0.15) is 21.5 Å². The van der Waals surface area contributed by atoms with E-state index in [4.69, 9.17) is 0 Å². The molecule has 0 spiro atoms. The molecule has 0 bridgehead atoms. The van der Waals surface area contributed by atoms with Gasteiger partial charge in [0.05, 0.1) is 15.9 Å². The summed E-state index contributed by atoms with van der Waals surface area (Å²) < 4.78 is 31.5. The van der Waals surface area contributed by atoms with E-state index < -0.39 is 15.9 Å². The number of hydrogen-bond donors (Lipinski definition) is 2. The number of fused-ring (bicyclic) bond motifs is 1. The lowest BCUT2D eigenvalue weighted by Gasteiger charge is -2.12. The van der Waals surface area contributed by atoms with Crippen LogP contribution in [-0.4, -0.2) is 23.5 Å². The lowest BCUT2D eigenvalue weighted by Crippen LogP contribution is -2.19. The number of hydrogen-bond acceptors (Lipinski definition) is 4. The number of anilines is 2. The van der Waals surface area contributed by atoms with Gasteiger partial charge in [-0.25, -0.2) is 13.2 Å². The molecule has 4 aromatic rings. The predicted octanol–water partition coefficient (Wildman–Crippen LogP) is 3.55. The molecule has 3 aromatic carbocycles. The summed E-state index contributed by atoms with van der Waals surface area (Å²) in [6.07, 6.45) is 0. The SMILES string of the molecule is Cc1ccc(NS(=O)(=O)c2cc(C(=O)Nc3ccc4c(c3)n(C)c(=O)n4C)ccc2C)cc1. The first-order valence-electron chi connectivity index (χ1n) is 10.2. The van der Waals surface area contributed by atoms with E-state index >= 15 is 0 Å². The van der Waals surface area contributed by atoms with Gasteiger partial charge in [-0.05, 0) is 61.9 Å². The van der Waals surface area contributed by atoms with Crippen LogP contribution < -0.4 is 15.7 Å². The molecule has 33 heavy (non-hydrogen) atoms. The Labute approximate surface area is 191 Å². The number of benzene rings is 3. The predicted molar refractivity (Wildman–Crippen MR) is 129 cm³/mol. The molecule has 0 radical (unpaired) electrons. The minimum atomic E-state index is -3.89. The van der Waals surface area contributed by atoms with Crippen molar-refractivity contribution in [2.24, 2.45) is 14.1 Å². The summed E-state index contributed by atoms with van der Waals surface area (Å²) in [5.41, 5.74) is 3.93. The van der Waals surface area contributed by atoms with Gasteiger partial charge in [-0.15, -0.1) is 0 Å². The zero-order chi connectivity index (χ0) is 23.9. The monoisotopic (exact) mass is 464 g/mol. The zero-order valence-electron chi connectivity index (χ0n) is 18.7. The average Bonchev–Trinajstić information content (AvgIpc) is 2.99. The highest BCUT2D eigenvalue weighted by Crippen LogP contribution is 2.23. The number of rotatable bonds is 5. The number of aryl methyl sites for hydroxylation is 4. The van der Waals surface area contributed by atoms with Gasteiger partial charge in [-0.2, -0.15) is 0 Å². The molecule has 2 N–H and O–H groups in total. The maximum Gasteiger partial charge on any atom is 0.328 e. The van der Waals surface area contributed by atoms with E-state index in [2.05, 4.69) is 10.0 Å². The number of amides is 1. The molecule has 9 heteroatoms. The highest BCUT2D eigenvalue weighted by atomic mass is 32.2. The van der Waals surface area contributed by atoms with E-state index in [0.29, 0.717) is 22.5 Å². The molecule has 0 aliphatic heterocycles. The van der Waals surface area contributed by atoms with Gasteiger partial charge < -0.3 is 5.32 Å². The largest absolute Gasteiger partial charge is 0.328 e. The van der Waals surface area contributed by atoms with Crippen LogP contribution in [0.5, 0.6) is 0 Å². The minimum absolute atomic E-state index is 0.0247. The molecule has 0 saturated carbocycles. The first-order valence-corrected chi connectivity index (χ1v) is 11.7. The van der Waals surface area contributed by atoms with Crippen LogP contribution in [-0.2, 0) is 24.1 Å². The summed E-state index contributed by atoms with van der Waals surface area (Å²) in [4.78, 5) is 25.0. The fraction of sp³-hybridized carbons (Fsp3) is 0.167. The quantitative estimate of drug-likeness (QED) is 0.472. The van der Waals surface area contributed by atoms with Gasteiger partial charge in [0, 0.05) is 31.0 Å². The van der Waals surface area contributed by atoms with Crippen LogP contribution in [0.15, 0.2) is 70.4 Å². The second-order valence-electron chi connectivity index (χ2n) is 8.01. The molecule has 0 fully saturated rings. The summed E-state index contributed by atoms with van der Waals surface area (Å²) in [7, 11) is -0.549. The maximum absolute atomic E-state index is 13.0. The third kappa shape index (κ3) is 4.27. The van der Waals surface area contributed by atoms with Crippen molar-refractivity contribution in [3.05, 3.63) is 87.8 Å². The lowest BCUT2D eigenvalue weighted by molar-refractivity contribution is 0.102. The highest BCUT2D eigenvalue weighted by molar-refractivity contribution is 7.92. The van der Waals surface area contributed by atoms with Crippen LogP contribution >= 0.6 is 0 Å². The number of carbonyl (C=O) groups excluding carboxylic acids is 1. The molecule has 0 saturated heterocycles. The standard InChI is InChI=1S/C24H24N4O4S/c1-15-5-9-18(10-6-15)26-33(31,32)22-13-17(8-7-16(22)2)23(29)25-19-11-12-20-21(14-19)28(4)24(30)27(20)3/h5-14,26H,1-4H3,(H,25,29). The second-order valence-corrected chi connectivity index (χ2v) is 9.66. The van der Waals surface area contributed by atoms with Crippen molar-refractivity contribution in [1.29, 1.82) is 0 Å². The van der Waals surface area contributed by atoms with Gasteiger partial charge in [0.25, 0.3) is 15.9 Å². The van der Waals surface area contributed by atoms with Crippen molar-refractivity contribution in [2.45, 2.75) is 18.7 Å². The van der Waals surface area contributed by atoms with Crippen LogP contribution in [0.3, 0.4) is 0 Å². The van der Waals surface area contributed by atoms with E-state index in [1.165, 1.54) is 15.2 Å². The molecule has 170 valence electrons. The highest BCUT2D eigenvalue weighted by Gasteiger charge is 2.20. The summed E-state index contributed by atoms with van der Waals surface area (Å²) in [6.45, 7) is 3.59. The summed E-state index contributed by atoms with van der Waals surface area (Å²) in [5, 5.41) is 2.78. The Hall–Kier alpha value is -3.85. The molecule has 0 unspecified atom stereocenters. The molecule has 8 nitrogen and oxygen atoms in total. The molecule has 1 heterocycles. The zero-order valence-corrected chi connectivity index (χ0v) is 19.5. The molecule has 1 aromatic heterocycles. The van der Waals surface area contributed by atoms with Crippen LogP contribution in [0, 0.1) is 13.8 Å². The molecular weight excluding hydrogens is 440 g/mol. The number of carbonyl (C=O) groups is 1. The minimum Gasteiger partial charge on any atom is -0.322 e. The fourth-order valence-corrected chi connectivity index (χ4v) is 4.98. The van der Waals surface area contributed by atoms with Crippen molar-refractivity contribution in [1.82, 2.24) is 9.13 Å². The summed E-state index contributed by atoms with van der Waals surface area (Å²) >= 11 is 0. The number of aromatic nitrogens is 2. The molecule has 0 aliphatic carbocycles. The van der Waals surface area contributed by atoms with Crippen molar-refractivity contribution in [3.63, 3.8) is 0 Å². The number of sulfonamides is 1. The number of nitrogens with one attached hydrogen (secondary N) is 2. The third-order valence-corrected chi connectivity index (χ3v) is 7.10. The van der Waals surface area contributed by atoms with E-state index in [9.17, 15) is 18.0 Å². The summed E-state index contributed by atoms with van der Waals surface area (Å²) in [6, 6.07) is 16.7. The second kappa shape index (κ2) is 8.25. The normalized spacial score (nSPS) is 11.5. The Morgan fingerprint density at radius 1 is 0.818 bits per heavy atom. The van der Waals surface area contributed by atoms with Crippen LogP contribution in [0.25, 0.3) is 11.0 Å². The molecule has 0 atom stereocenters.